The number of aromatic nitrogens is 2. The minimum Gasteiger partial charge on any atom is -0.243 e. The van der Waals surface area contributed by atoms with Crippen LogP contribution in [0.1, 0.15) is 5.56 Å². The van der Waals surface area contributed by atoms with Crippen molar-refractivity contribution in [3.05, 3.63) is 45.9 Å². The lowest BCUT2D eigenvalue weighted by Crippen LogP contribution is -1.91. The first kappa shape index (κ1) is 10.8. The molecule has 0 spiro atoms. The van der Waals surface area contributed by atoms with E-state index in [-0.39, 0.29) is 0 Å². The zero-order valence-electron chi connectivity index (χ0n) is 9.04. The van der Waals surface area contributed by atoms with Gasteiger partial charge in [-0.2, -0.15) is 0 Å². The lowest BCUT2D eigenvalue weighted by molar-refractivity contribution is 1.36. The molecular formula is C13H8Cl2N2. The number of halogens is 2. The summed E-state index contributed by atoms with van der Waals surface area (Å²) < 4.78 is 0. The average molecular weight is 263 g/mol. The molecule has 84 valence electrons. The zero-order chi connectivity index (χ0) is 12.0. The van der Waals surface area contributed by atoms with Crippen molar-refractivity contribution >= 4 is 45.3 Å². The van der Waals surface area contributed by atoms with Gasteiger partial charge in [0.05, 0.1) is 21.1 Å². The number of para-hydroxylation sites is 1. The van der Waals surface area contributed by atoms with Crippen LogP contribution in [0.15, 0.2) is 30.3 Å². The van der Waals surface area contributed by atoms with Crippen LogP contribution >= 0.6 is 23.2 Å². The molecule has 1 aromatic heterocycles. The standard InChI is InChI=1S/C13H8Cl2N2/c1-7-3-2-4-10-11(7)17-13-9(15)6-5-8(14)12(13)16-10/h2-6H,1H3. The van der Waals surface area contributed by atoms with Crippen molar-refractivity contribution in [1.82, 2.24) is 9.97 Å². The van der Waals surface area contributed by atoms with Gasteiger partial charge in [-0.25, -0.2) is 9.97 Å². The first-order valence-corrected chi connectivity index (χ1v) is 5.93. The molecule has 3 aromatic rings. The Bertz CT molecular complexity index is 738. The molecule has 2 aromatic carbocycles. The Balaban J connectivity index is 2.57. The molecule has 4 heteroatoms. The predicted octanol–water partition coefficient (Wildman–Crippen LogP) is 4.40. The molecule has 0 aliphatic heterocycles. The normalized spacial score (nSPS) is 11.2. The maximum Gasteiger partial charge on any atom is 0.110 e. The van der Waals surface area contributed by atoms with E-state index in [0.29, 0.717) is 21.1 Å². The summed E-state index contributed by atoms with van der Waals surface area (Å²) in [5, 5.41) is 1.14. The number of hydrogen-bond donors (Lipinski definition) is 0. The van der Waals surface area contributed by atoms with Gasteiger partial charge in [0.1, 0.15) is 11.0 Å². The molecule has 0 aliphatic rings. The van der Waals surface area contributed by atoms with Crippen molar-refractivity contribution in [2.24, 2.45) is 0 Å². The molecule has 0 fully saturated rings. The van der Waals surface area contributed by atoms with Crippen LogP contribution in [0.25, 0.3) is 22.1 Å². The third-order valence-electron chi connectivity index (χ3n) is 2.73. The fourth-order valence-electron chi connectivity index (χ4n) is 1.85. The lowest BCUT2D eigenvalue weighted by Gasteiger charge is -2.05. The summed E-state index contributed by atoms with van der Waals surface area (Å²) >= 11 is 12.2. The molecule has 17 heavy (non-hydrogen) atoms. The molecule has 0 saturated heterocycles. The third-order valence-corrected chi connectivity index (χ3v) is 3.34. The number of aryl methyl sites for hydroxylation is 1. The molecule has 1 heterocycles. The van der Waals surface area contributed by atoms with Crippen LogP contribution in [-0.4, -0.2) is 9.97 Å². The van der Waals surface area contributed by atoms with Crippen LogP contribution < -0.4 is 0 Å². The Labute approximate surface area is 108 Å². The van der Waals surface area contributed by atoms with Crippen LogP contribution in [0.4, 0.5) is 0 Å². The fraction of sp³-hybridized carbons (Fsp3) is 0.0769. The van der Waals surface area contributed by atoms with E-state index in [1.54, 1.807) is 12.1 Å². The van der Waals surface area contributed by atoms with Crippen LogP contribution in [-0.2, 0) is 0 Å². The molecule has 0 bridgehead atoms. The van der Waals surface area contributed by atoms with E-state index in [9.17, 15) is 0 Å². The highest BCUT2D eigenvalue weighted by atomic mass is 35.5. The van der Waals surface area contributed by atoms with E-state index >= 15 is 0 Å². The van der Waals surface area contributed by atoms with Gasteiger partial charge in [-0.15, -0.1) is 0 Å². The smallest absolute Gasteiger partial charge is 0.110 e. The van der Waals surface area contributed by atoms with Crippen LogP contribution in [0.3, 0.4) is 0 Å². The topological polar surface area (TPSA) is 25.8 Å². The second kappa shape index (κ2) is 3.83. The Morgan fingerprint density at radius 2 is 1.47 bits per heavy atom. The second-order valence-electron chi connectivity index (χ2n) is 3.89. The van der Waals surface area contributed by atoms with Crippen LogP contribution in [0, 0.1) is 6.92 Å². The van der Waals surface area contributed by atoms with Crippen LogP contribution in [0.2, 0.25) is 10.0 Å². The largest absolute Gasteiger partial charge is 0.243 e. The molecule has 2 nitrogen and oxygen atoms in total. The zero-order valence-corrected chi connectivity index (χ0v) is 10.5. The fourth-order valence-corrected chi connectivity index (χ4v) is 2.24. The average Bonchev–Trinajstić information content (AvgIpc) is 2.33. The highest BCUT2D eigenvalue weighted by molar-refractivity contribution is 6.39. The quantitative estimate of drug-likeness (QED) is 0.562. The maximum atomic E-state index is 6.12. The summed E-state index contributed by atoms with van der Waals surface area (Å²) in [5.41, 5.74) is 4.08. The van der Waals surface area contributed by atoms with Gasteiger partial charge in [-0.1, -0.05) is 35.3 Å². The van der Waals surface area contributed by atoms with Crippen LogP contribution in [0.5, 0.6) is 0 Å². The molecule has 0 unspecified atom stereocenters. The van der Waals surface area contributed by atoms with E-state index in [2.05, 4.69) is 9.97 Å². The Hall–Kier alpha value is -1.38. The molecule has 0 atom stereocenters. The van der Waals surface area contributed by atoms with E-state index in [1.807, 2.05) is 25.1 Å². The first-order chi connectivity index (χ1) is 8.16. The van der Waals surface area contributed by atoms with Crippen molar-refractivity contribution in [3.8, 4) is 0 Å². The number of hydrogen-bond acceptors (Lipinski definition) is 2. The van der Waals surface area contributed by atoms with E-state index < -0.39 is 0 Å². The Morgan fingerprint density at radius 3 is 2.18 bits per heavy atom. The second-order valence-corrected chi connectivity index (χ2v) is 4.71. The number of nitrogens with zero attached hydrogens (tertiary/aromatic N) is 2. The molecule has 3 rings (SSSR count). The van der Waals surface area contributed by atoms with E-state index in [4.69, 9.17) is 23.2 Å². The lowest BCUT2D eigenvalue weighted by atomic mass is 10.2. The highest BCUT2D eigenvalue weighted by Gasteiger charge is 2.09. The minimum absolute atomic E-state index is 0.570. The van der Waals surface area contributed by atoms with Gasteiger partial charge in [0.15, 0.2) is 0 Å². The molecule has 0 saturated carbocycles. The van der Waals surface area contributed by atoms with E-state index in [0.717, 1.165) is 16.6 Å². The van der Waals surface area contributed by atoms with Gasteiger partial charge in [-0.3, -0.25) is 0 Å². The predicted molar refractivity (Wildman–Crippen MR) is 71.8 cm³/mol. The van der Waals surface area contributed by atoms with Gasteiger partial charge in [0, 0.05) is 0 Å². The Morgan fingerprint density at radius 1 is 0.824 bits per heavy atom. The molecule has 0 aliphatic carbocycles. The van der Waals surface area contributed by atoms with Gasteiger partial charge in [0.25, 0.3) is 0 Å². The van der Waals surface area contributed by atoms with Gasteiger partial charge < -0.3 is 0 Å². The van der Waals surface area contributed by atoms with Gasteiger partial charge in [0.2, 0.25) is 0 Å². The monoisotopic (exact) mass is 262 g/mol. The van der Waals surface area contributed by atoms with Crippen molar-refractivity contribution in [2.45, 2.75) is 6.92 Å². The number of fused-ring (bicyclic) bond motifs is 2. The molecule has 0 amide bonds. The van der Waals surface area contributed by atoms with Gasteiger partial charge >= 0.3 is 0 Å². The summed E-state index contributed by atoms with van der Waals surface area (Å²) in [4.78, 5) is 9.08. The molecule has 0 radical (unpaired) electrons. The maximum absolute atomic E-state index is 6.12. The Kier molecular flexibility index (Phi) is 2.42. The van der Waals surface area contributed by atoms with Crippen molar-refractivity contribution in [3.63, 3.8) is 0 Å². The summed E-state index contributed by atoms with van der Waals surface area (Å²) in [6, 6.07) is 9.36. The van der Waals surface area contributed by atoms with E-state index in [1.165, 1.54) is 0 Å². The third kappa shape index (κ3) is 1.65. The minimum atomic E-state index is 0.570. The summed E-state index contributed by atoms with van der Waals surface area (Å²) in [7, 11) is 0. The first-order valence-electron chi connectivity index (χ1n) is 5.18. The SMILES string of the molecule is Cc1cccc2nc3c(Cl)ccc(Cl)c3nc12. The molecular weight excluding hydrogens is 255 g/mol. The van der Waals surface area contributed by atoms with Gasteiger partial charge in [-0.05, 0) is 30.7 Å². The molecule has 0 N–H and O–H groups in total. The van der Waals surface area contributed by atoms with Crippen molar-refractivity contribution in [2.75, 3.05) is 0 Å². The van der Waals surface area contributed by atoms with Crippen molar-refractivity contribution in [1.29, 1.82) is 0 Å². The van der Waals surface area contributed by atoms with Crippen molar-refractivity contribution < 1.29 is 0 Å². The summed E-state index contributed by atoms with van der Waals surface area (Å²) in [6.45, 7) is 2.00. The number of benzene rings is 2. The number of rotatable bonds is 0. The highest BCUT2D eigenvalue weighted by Crippen LogP contribution is 2.29. The summed E-state index contributed by atoms with van der Waals surface area (Å²) in [6.07, 6.45) is 0. The summed E-state index contributed by atoms with van der Waals surface area (Å²) in [5.74, 6) is 0.